The number of carbonyl (C=O) groups excluding carboxylic acids is 1. The van der Waals surface area contributed by atoms with E-state index in [1.165, 1.54) is 32.1 Å². The zero-order valence-electron chi connectivity index (χ0n) is 7.47. The molecule has 0 aromatic rings. The molecule has 64 valence electrons. The molecule has 0 spiro atoms. The van der Waals surface area contributed by atoms with Gasteiger partial charge in [0.05, 0.1) is 0 Å². The van der Waals surface area contributed by atoms with Crippen molar-refractivity contribution in [1.29, 1.82) is 0 Å². The molecule has 1 aliphatic rings. The second kappa shape index (κ2) is 4.10. The maximum absolute atomic E-state index is 10.9. The van der Waals surface area contributed by atoms with Gasteiger partial charge in [-0.1, -0.05) is 0 Å². The van der Waals surface area contributed by atoms with Crippen molar-refractivity contribution >= 4 is 39.5 Å². The van der Waals surface area contributed by atoms with Crippen LogP contribution in [-0.2, 0) is 4.79 Å². The third kappa shape index (κ3) is 2.32. The van der Waals surface area contributed by atoms with Crippen molar-refractivity contribution in [3.05, 3.63) is 0 Å². The molecule has 2 nitrogen and oxygen atoms in total. The number of rotatable bonds is 1. The molecule has 1 atom stereocenters. The van der Waals surface area contributed by atoms with Crippen molar-refractivity contribution < 1.29 is 4.79 Å². The molecule has 0 bridgehead atoms. The van der Waals surface area contributed by atoms with Crippen molar-refractivity contribution in [2.75, 3.05) is 6.54 Å². The number of aldehydes is 1. The van der Waals surface area contributed by atoms with E-state index in [9.17, 15) is 4.79 Å². The predicted molar refractivity (Wildman–Crippen MR) is 53.8 cm³/mol. The summed E-state index contributed by atoms with van der Waals surface area (Å²) in [6.07, 6.45) is 6.29. The van der Waals surface area contributed by atoms with E-state index in [0.29, 0.717) is 33.3 Å². The van der Waals surface area contributed by atoms with Crippen LogP contribution in [0.25, 0.3) is 0 Å². The molecule has 0 saturated carbocycles. The number of hydrogen-bond acceptors (Lipinski definition) is 2. The first-order chi connectivity index (χ1) is 5.19. The molecule has 1 unspecified atom stereocenters. The topological polar surface area (TPSA) is 20.3 Å². The fraction of sp³-hybridized carbons (Fsp3) is 0.857. The van der Waals surface area contributed by atoms with Crippen LogP contribution >= 0.6 is 0 Å². The van der Waals surface area contributed by atoms with E-state index in [4.69, 9.17) is 0 Å². The Kier molecular flexibility index (Phi) is 3.65. The van der Waals surface area contributed by atoms with E-state index in [1.54, 1.807) is 0 Å². The minimum absolute atomic E-state index is 0.0868. The average molecular weight is 276 g/mol. The molecule has 1 fully saturated rings. The Morgan fingerprint density at radius 2 is 2.09 bits per heavy atom. The van der Waals surface area contributed by atoms with Crippen LogP contribution < -0.4 is 0 Å². The molecule has 1 saturated heterocycles. The SMILES string of the molecule is O=C[C]1([GeH3])CCCCC[N]1[GeH3]. The van der Waals surface area contributed by atoms with Crippen molar-refractivity contribution in [2.24, 2.45) is 0 Å². The Hall–Kier alpha value is 0.716. The van der Waals surface area contributed by atoms with Crippen molar-refractivity contribution in [2.45, 2.75) is 30.1 Å². The summed E-state index contributed by atoms with van der Waals surface area (Å²) < 4.78 is 2.53. The molecule has 0 aliphatic carbocycles. The van der Waals surface area contributed by atoms with Crippen LogP contribution in [0, 0.1) is 0 Å². The summed E-state index contributed by atoms with van der Waals surface area (Å²) in [6, 6.07) is 0. The standard InChI is InChI=1S/C7H17Ge2NO/c8-7(6-11)4-2-1-3-5-10(7)9/h6H,1-5H2,8-9H3. The summed E-state index contributed by atoms with van der Waals surface area (Å²) in [7, 11) is 0. The monoisotopic (exact) mass is 279 g/mol. The van der Waals surface area contributed by atoms with E-state index in [1.807, 2.05) is 0 Å². The molecule has 0 aromatic heterocycles. The quantitative estimate of drug-likeness (QED) is 0.425. The summed E-state index contributed by atoms with van der Waals surface area (Å²) in [5.74, 6) is 0. The van der Waals surface area contributed by atoms with Gasteiger partial charge in [0.1, 0.15) is 0 Å². The van der Waals surface area contributed by atoms with Gasteiger partial charge in [-0.15, -0.1) is 0 Å². The third-order valence-electron chi connectivity index (χ3n) is 2.80. The first-order valence-electron chi connectivity index (χ1n) is 4.36. The first-order valence-corrected chi connectivity index (χ1v) is 8.34. The summed E-state index contributed by atoms with van der Waals surface area (Å²) in [4.78, 5) is 10.9. The Bertz CT molecular complexity index is 153. The molecule has 0 radical (unpaired) electrons. The van der Waals surface area contributed by atoms with E-state index < -0.39 is 0 Å². The van der Waals surface area contributed by atoms with Crippen molar-refractivity contribution in [3.63, 3.8) is 0 Å². The average Bonchev–Trinajstić information content (AvgIpc) is 2.16. The van der Waals surface area contributed by atoms with Crippen LogP contribution in [0.2, 0.25) is 0 Å². The van der Waals surface area contributed by atoms with Gasteiger partial charge in [0.2, 0.25) is 0 Å². The van der Waals surface area contributed by atoms with Gasteiger partial charge in [-0.05, 0) is 0 Å². The summed E-state index contributed by atoms with van der Waals surface area (Å²) >= 11 is 1.35. The summed E-state index contributed by atoms with van der Waals surface area (Å²) in [6.45, 7) is 1.19. The van der Waals surface area contributed by atoms with Crippen LogP contribution in [-0.4, -0.2) is 54.3 Å². The number of nitrogens with zero attached hydrogens (tertiary/aromatic N) is 1. The van der Waals surface area contributed by atoms with Crippen LogP contribution in [0.1, 0.15) is 25.7 Å². The van der Waals surface area contributed by atoms with Crippen LogP contribution in [0.4, 0.5) is 0 Å². The van der Waals surface area contributed by atoms with Crippen LogP contribution in [0.5, 0.6) is 0 Å². The van der Waals surface area contributed by atoms with Crippen molar-refractivity contribution in [3.8, 4) is 0 Å². The molecule has 0 amide bonds. The second-order valence-electron chi connectivity index (χ2n) is 3.71. The zero-order chi connectivity index (χ0) is 8.32. The molecule has 4 heteroatoms. The summed E-state index contributed by atoms with van der Waals surface area (Å²) in [5, 5.41) is 0. The fourth-order valence-electron chi connectivity index (χ4n) is 1.60. The van der Waals surface area contributed by atoms with E-state index in [0.717, 1.165) is 6.42 Å². The van der Waals surface area contributed by atoms with E-state index in [-0.39, 0.29) is 4.37 Å². The van der Waals surface area contributed by atoms with Gasteiger partial charge in [0, 0.05) is 0 Å². The Labute approximate surface area is 84.8 Å². The van der Waals surface area contributed by atoms with Gasteiger partial charge in [-0.25, -0.2) is 0 Å². The minimum atomic E-state index is 0.0868. The number of carbonyl (C=O) groups is 1. The predicted octanol–water partition coefficient (Wildman–Crippen LogP) is -1.60. The first kappa shape index (κ1) is 9.80. The molecule has 0 aromatic carbocycles. The number of hydrogen-bond donors (Lipinski definition) is 0. The second-order valence-corrected chi connectivity index (χ2v) is 9.61. The van der Waals surface area contributed by atoms with Crippen LogP contribution in [0.3, 0.4) is 0 Å². The molecule has 1 heterocycles. The van der Waals surface area contributed by atoms with Gasteiger partial charge >= 0.3 is 84.8 Å². The van der Waals surface area contributed by atoms with E-state index >= 15 is 0 Å². The Morgan fingerprint density at radius 3 is 2.73 bits per heavy atom. The Balaban J connectivity index is 2.65. The normalized spacial score (nSPS) is 35.3. The molecule has 1 aliphatic heterocycles. The van der Waals surface area contributed by atoms with Gasteiger partial charge in [0.15, 0.2) is 0 Å². The third-order valence-corrected chi connectivity index (χ3v) is 13.0. The van der Waals surface area contributed by atoms with Gasteiger partial charge < -0.3 is 0 Å². The zero-order valence-corrected chi connectivity index (χ0v) is 15.9. The molecule has 11 heavy (non-hydrogen) atoms. The maximum atomic E-state index is 10.9. The van der Waals surface area contributed by atoms with E-state index in [2.05, 4.69) is 3.86 Å². The molecular formula is C7H17Ge2NO. The fourth-order valence-corrected chi connectivity index (χ4v) is 4.17. The van der Waals surface area contributed by atoms with Crippen molar-refractivity contribution in [1.82, 2.24) is 3.86 Å². The van der Waals surface area contributed by atoms with Gasteiger partial charge in [-0.2, -0.15) is 0 Å². The van der Waals surface area contributed by atoms with Gasteiger partial charge in [-0.3, -0.25) is 0 Å². The van der Waals surface area contributed by atoms with Crippen LogP contribution in [0.15, 0.2) is 0 Å². The molecular weight excluding hydrogens is 259 g/mol. The molecule has 0 N–H and O–H groups in total. The molecule has 1 rings (SSSR count). The summed E-state index contributed by atoms with van der Waals surface area (Å²) in [5.41, 5.74) is 0. The Morgan fingerprint density at radius 1 is 1.36 bits per heavy atom. The van der Waals surface area contributed by atoms with Gasteiger partial charge in [0.25, 0.3) is 0 Å².